The van der Waals surface area contributed by atoms with Gasteiger partial charge in [-0.3, -0.25) is 4.79 Å². The Morgan fingerprint density at radius 3 is 2.36 bits per heavy atom. The fourth-order valence-corrected chi connectivity index (χ4v) is 8.29. The van der Waals surface area contributed by atoms with E-state index in [1.807, 2.05) is 31.2 Å². The lowest BCUT2D eigenvalue weighted by atomic mass is 9.85. The number of carboxylic acid groups (broad SMARTS) is 1. The Morgan fingerprint density at radius 1 is 1.00 bits per heavy atom. The van der Waals surface area contributed by atoms with E-state index < -0.39 is 32.9 Å². The summed E-state index contributed by atoms with van der Waals surface area (Å²) >= 11 is 0. The van der Waals surface area contributed by atoms with E-state index >= 15 is 0 Å². The Kier molecular flexibility index (Phi) is 12.5. The molecule has 3 rings (SSSR count). The van der Waals surface area contributed by atoms with Gasteiger partial charge < -0.3 is 19.7 Å². The predicted octanol–water partition coefficient (Wildman–Crippen LogP) is 6.22. The van der Waals surface area contributed by atoms with Gasteiger partial charge in [-0.05, 0) is 69.4 Å². The summed E-state index contributed by atoms with van der Waals surface area (Å²) in [6.45, 7) is 5.23. The largest absolute Gasteiger partial charge is 0.481 e. The minimum atomic E-state index is -3.64. The van der Waals surface area contributed by atoms with Crippen LogP contribution in [0.15, 0.2) is 41.3 Å². The molecule has 1 aliphatic heterocycles. The number of benzene rings is 1. The second kappa shape index (κ2) is 15.3. The van der Waals surface area contributed by atoms with Crippen LogP contribution >= 0.6 is 0 Å². The summed E-state index contributed by atoms with van der Waals surface area (Å²) in [5, 5.41) is 19.3. The first kappa shape index (κ1) is 31.8. The molecule has 1 aromatic carbocycles. The van der Waals surface area contributed by atoms with Crippen LogP contribution in [-0.2, 0) is 24.1 Å². The maximum absolute atomic E-state index is 13.8. The zero-order chi connectivity index (χ0) is 28.3. The van der Waals surface area contributed by atoms with E-state index in [2.05, 4.69) is 6.92 Å². The van der Waals surface area contributed by atoms with Crippen LogP contribution < -0.4 is 0 Å². The van der Waals surface area contributed by atoms with Crippen LogP contribution in [0.25, 0.3) is 0 Å². The third kappa shape index (κ3) is 9.13. The predicted molar refractivity (Wildman–Crippen MR) is 152 cm³/mol. The molecule has 2 N–H and O–H groups in total. The summed E-state index contributed by atoms with van der Waals surface area (Å²) < 4.78 is 39.9. The summed E-state index contributed by atoms with van der Waals surface area (Å²) in [6, 6.07) is 6.98. The second-order valence-electron chi connectivity index (χ2n) is 11.3. The third-order valence-electron chi connectivity index (χ3n) is 8.41. The number of carbonyl (C=O) groups is 1. The molecule has 4 atom stereocenters. The number of sulfone groups is 1. The first-order chi connectivity index (χ1) is 18.7. The molecule has 0 amide bonds. The van der Waals surface area contributed by atoms with Gasteiger partial charge in [-0.25, -0.2) is 8.42 Å². The fraction of sp³-hybridized carbons (Fsp3) is 0.710. The van der Waals surface area contributed by atoms with Gasteiger partial charge in [0.15, 0.2) is 15.6 Å². The van der Waals surface area contributed by atoms with Gasteiger partial charge in [0, 0.05) is 19.3 Å². The highest BCUT2D eigenvalue weighted by Crippen LogP contribution is 2.45. The van der Waals surface area contributed by atoms with E-state index in [0.717, 1.165) is 24.8 Å². The van der Waals surface area contributed by atoms with Gasteiger partial charge in [-0.1, -0.05) is 62.5 Å². The average Bonchev–Trinajstić information content (AvgIpc) is 3.50. The van der Waals surface area contributed by atoms with E-state index in [0.29, 0.717) is 50.2 Å². The van der Waals surface area contributed by atoms with Crippen molar-refractivity contribution in [2.24, 2.45) is 11.8 Å². The van der Waals surface area contributed by atoms with Gasteiger partial charge in [0.2, 0.25) is 0 Å². The van der Waals surface area contributed by atoms with Crippen molar-refractivity contribution in [1.29, 1.82) is 0 Å². The molecule has 2 fully saturated rings. The zero-order valence-corrected chi connectivity index (χ0v) is 24.5. The Labute approximate surface area is 234 Å². The normalized spacial score (nSPS) is 25.0. The summed E-state index contributed by atoms with van der Waals surface area (Å²) in [5.41, 5.74) is 0.999. The van der Waals surface area contributed by atoms with Crippen LogP contribution in [-0.4, -0.2) is 55.0 Å². The highest BCUT2D eigenvalue weighted by molar-refractivity contribution is 7.92. The number of aliphatic carboxylic acids is 1. The molecule has 0 unspecified atom stereocenters. The average molecular weight is 565 g/mol. The van der Waals surface area contributed by atoms with Crippen molar-refractivity contribution in [3.63, 3.8) is 0 Å². The van der Waals surface area contributed by atoms with Crippen molar-refractivity contribution >= 4 is 15.8 Å². The number of hydrogen-bond acceptors (Lipinski definition) is 6. The number of hydrogen-bond donors (Lipinski definition) is 2. The SMILES string of the molecule is CCCCCCCC1(CC[C@@H]2[C@@H](C/C=C\CCCC(=O)O)[C@@H](O)C[C@H]2S(=O)(=O)c2ccc(C)cc2)OCCO1. The van der Waals surface area contributed by atoms with Crippen LogP contribution in [0, 0.1) is 18.8 Å². The molecule has 1 heterocycles. The van der Waals surface area contributed by atoms with Crippen molar-refractivity contribution in [2.75, 3.05) is 13.2 Å². The monoisotopic (exact) mass is 564 g/mol. The van der Waals surface area contributed by atoms with Crippen molar-refractivity contribution in [3.8, 4) is 0 Å². The molecule has 0 bridgehead atoms. The van der Waals surface area contributed by atoms with Crippen LogP contribution in [0.3, 0.4) is 0 Å². The third-order valence-corrected chi connectivity index (χ3v) is 10.7. The van der Waals surface area contributed by atoms with Crippen molar-refractivity contribution < 1.29 is 32.9 Å². The minimum Gasteiger partial charge on any atom is -0.481 e. The maximum atomic E-state index is 13.8. The lowest BCUT2D eigenvalue weighted by molar-refractivity contribution is -0.170. The molecule has 1 aliphatic carbocycles. The van der Waals surface area contributed by atoms with Crippen LogP contribution in [0.4, 0.5) is 0 Å². The molecule has 220 valence electrons. The Hall–Kier alpha value is -1.74. The van der Waals surface area contributed by atoms with Crippen molar-refractivity contribution in [1.82, 2.24) is 0 Å². The molecule has 1 aromatic rings. The Bertz CT molecular complexity index is 1010. The molecule has 0 spiro atoms. The summed E-state index contributed by atoms with van der Waals surface area (Å²) in [6.07, 6.45) is 13.1. The van der Waals surface area contributed by atoms with Gasteiger partial charge in [-0.2, -0.15) is 0 Å². The Balaban J connectivity index is 1.75. The van der Waals surface area contributed by atoms with Crippen LogP contribution in [0.1, 0.15) is 96.0 Å². The number of aryl methyl sites for hydroxylation is 1. The van der Waals surface area contributed by atoms with Gasteiger partial charge >= 0.3 is 5.97 Å². The summed E-state index contributed by atoms with van der Waals surface area (Å²) in [4.78, 5) is 11.1. The molecule has 1 saturated carbocycles. The van der Waals surface area contributed by atoms with Crippen LogP contribution in [0.2, 0.25) is 0 Å². The number of carboxylic acids is 1. The van der Waals surface area contributed by atoms with Gasteiger partial charge in [0.1, 0.15) is 0 Å². The number of aliphatic hydroxyl groups is 1. The molecule has 7 nitrogen and oxygen atoms in total. The smallest absolute Gasteiger partial charge is 0.303 e. The van der Waals surface area contributed by atoms with E-state index in [1.54, 1.807) is 12.1 Å². The lowest BCUT2D eigenvalue weighted by Crippen LogP contribution is -2.34. The first-order valence-corrected chi connectivity index (χ1v) is 16.4. The summed E-state index contributed by atoms with van der Waals surface area (Å²) in [5.74, 6) is -1.92. The molecule has 0 radical (unpaired) electrons. The topological polar surface area (TPSA) is 110 Å². The zero-order valence-electron chi connectivity index (χ0n) is 23.7. The number of unbranched alkanes of at least 4 members (excludes halogenated alkanes) is 5. The van der Waals surface area contributed by atoms with Gasteiger partial charge in [-0.15, -0.1) is 0 Å². The molecule has 39 heavy (non-hydrogen) atoms. The van der Waals surface area contributed by atoms with Gasteiger partial charge in [0.25, 0.3) is 0 Å². The standard InChI is InChI=1S/C31H48O7S/c1-3-4-5-8-11-19-31(37-21-22-38-31)20-18-27-26(12-9-6-7-10-13-30(33)34)28(32)23-29(27)39(35,36)25-16-14-24(2)15-17-25/h6,9,14-17,26-29,32H,3-5,7-8,10-13,18-23H2,1-2H3,(H,33,34)/b9-6-/t26-,27-,28+,29-/m1/s1. The number of aliphatic hydroxyl groups excluding tert-OH is 1. The molecule has 0 aromatic heterocycles. The second-order valence-corrected chi connectivity index (χ2v) is 13.5. The van der Waals surface area contributed by atoms with Crippen molar-refractivity contribution in [3.05, 3.63) is 42.0 Å². The maximum Gasteiger partial charge on any atom is 0.303 e. The minimum absolute atomic E-state index is 0.121. The van der Waals surface area contributed by atoms with E-state index in [9.17, 15) is 18.3 Å². The Morgan fingerprint density at radius 2 is 1.69 bits per heavy atom. The van der Waals surface area contributed by atoms with E-state index in [1.165, 1.54) is 19.3 Å². The van der Waals surface area contributed by atoms with Crippen molar-refractivity contribution in [2.45, 2.75) is 119 Å². The summed E-state index contributed by atoms with van der Waals surface area (Å²) in [7, 11) is -3.64. The highest BCUT2D eigenvalue weighted by atomic mass is 32.2. The van der Waals surface area contributed by atoms with E-state index in [-0.39, 0.29) is 24.7 Å². The molecule has 2 aliphatic rings. The first-order valence-electron chi connectivity index (χ1n) is 14.8. The molecular weight excluding hydrogens is 516 g/mol. The van der Waals surface area contributed by atoms with Crippen LogP contribution in [0.5, 0.6) is 0 Å². The van der Waals surface area contributed by atoms with Gasteiger partial charge in [0.05, 0.1) is 29.5 Å². The highest BCUT2D eigenvalue weighted by Gasteiger charge is 2.49. The number of ether oxygens (including phenoxy) is 2. The lowest BCUT2D eigenvalue weighted by Gasteiger charge is -2.32. The molecular formula is C31H48O7S. The molecule has 8 heteroatoms. The van der Waals surface area contributed by atoms with E-state index in [4.69, 9.17) is 14.6 Å². The fourth-order valence-electron chi connectivity index (χ4n) is 6.18. The number of allylic oxidation sites excluding steroid dienone is 2. The molecule has 1 saturated heterocycles. The number of rotatable bonds is 17. The quantitative estimate of drug-likeness (QED) is 0.171.